The fourth-order valence-corrected chi connectivity index (χ4v) is 1.17. The predicted molar refractivity (Wildman–Crippen MR) is 50.6 cm³/mol. The summed E-state index contributed by atoms with van der Waals surface area (Å²) in [7, 11) is 0. The van der Waals surface area contributed by atoms with Gasteiger partial charge in [0.05, 0.1) is 0 Å². The van der Waals surface area contributed by atoms with Crippen LogP contribution >= 0.6 is 0 Å². The molecule has 0 aromatic carbocycles. The first-order chi connectivity index (χ1) is 5.75. The lowest BCUT2D eigenvalue weighted by Gasteiger charge is -2.17. The van der Waals surface area contributed by atoms with Crippen LogP contribution in [0.25, 0.3) is 0 Å². The third-order valence-electron chi connectivity index (χ3n) is 2.35. The molecule has 0 saturated carbocycles. The summed E-state index contributed by atoms with van der Waals surface area (Å²) in [6, 6.07) is 4.12. The number of nitrogens with zero attached hydrogens (tertiary/aromatic N) is 1. The van der Waals surface area contributed by atoms with E-state index in [1.165, 1.54) is 5.56 Å². The van der Waals surface area contributed by atoms with Crippen molar-refractivity contribution in [2.75, 3.05) is 0 Å². The highest BCUT2D eigenvalue weighted by Gasteiger charge is 2.11. The zero-order valence-electron chi connectivity index (χ0n) is 7.70. The van der Waals surface area contributed by atoms with Gasteiger partial charge >= 0.3 is 0 Å². The maximum Gasteiger partial charge on any atom is 0.0321 e. The van der Waals surface area contributed by atoms with Gasteiger partial charge in [-0.2, -0.15) is 0 Å². The van der Waals surface area contributed by atoms with Crippen LogP contribution in [0.4, 0.5) is 0 Å². The molecule has 2 N–H and O–H groups in total. The topological polar surface area (TPSA) is 38.9 Å². The van der Waals surface area contributed by atoms with Crippen molar-refractivity contribution in [3.8, 4) is 0 Å². The van der Waals surface area contributed by atoms with Gasteiger partial charge in [0.15, 0.2) is 0 Å². The second kappa shape index (κ2) is 4.21. The van der Waals surface area contributed by atoms with Gasteiger partial charge in [0.1, 0.15) is 0 Å². The third-order valence-corrected chi connectivity index (χ3v) is 2.35. The Balaban J connectivity index is 2.71. The number of rotatable bonds is 3. The van der Waals surface area contributed by atoms with E-state index in [0.717, 1.165) is 6.42 Å². The zero-order chi connectivity index (χ0) is 8.97. The molecule has 1 heterocycles. The molecule has 1 unspecified atom stereocenters. The first-order valence-electron chi connectivity index (χ1n) is 4.41. The van der Waals surface area contributed by atoms with E-state index < -0.39 is 0 Å². The molecule has 12 heavy (non-hydrogen) atoms. The fourth-order valence-electron chi connectivity index (χ4n) is 1.17. The van der Waals surface area contributed by atoms with Crippen LogP contribution in [-0.2, 0) is 0 Å². The van der Waals surface area contributed by atoms with Crippen molar-refractivity contribution in [1.82, 2.24) is 4.98 Å². The Morgan fingerprint density at radius 1 is 1.42 bits per heavy atom. The van der Waals surface area contributed by atoms with Gasteiger partial charge in [0.25, 0.3) is 0 Å². The fraction of sp³-hybridized carbons (Fsp3) is 0.500. The van der Waals surface area contributed by atoms with E-state index >= 15 is 0 Å². The normalized spacial score (nSPS) is 15.6. The van der Waals surface area contributed by atoms with Gasteiger partial charge in [0, 0.05) is 18.4 Å². The largest absolute Gasteiger partial charge is 0.324 e. The highest BCUT2D eigenvalue weighted by atomic mass is 14.7. The highest BCUT2D eigenvalue weighted by Crippen LogP contribution is 2.20. The summed E-state index contributed by atoms with van der Waals surface area (Å²) in [5.41, 5.74) is 7.20. The van der Waals surface area contributed by atoms with Gasteiger partial charge in [-0.25, -0.2) is 0 Å². The van der Waals surface area contributed by atoms with Crippen molar-refractivity contribution >= 4 is 0 Å². The van der Waals surface area contributed by atoms with Crippen LogP contribution in [0.15, 0.2) is 24.5 Å². The summed E-state index contributed by atoms with van der Waals surface area (Å²) in [6.45, 7) is 4.33. The van der Waals surface area contributed by atoms with Crippen LogP contribution in [0.3, 0.4) is 0 Å². The van der Waals surface area contributed by atoms with E-state index in [1.807, 2.05) is 12.1 Å². The molecule has 1 aromatic heterocycles. The first-order valence-corrected chi connectivity index (χ1v) is 4.41. The Bertz CT molecular complexity index is 221. The molecule has 0 fully saturated rings. The minimum absolute atomic E-state index is 0.151. The molecule has 0 aliphatic carbocycles. The molecule has 0 amide bonds. The second-order valence-electron chi connectivity index (χ2n) is 3.19. The molecule has 0 spiro atoms. The molecule has 0 saturated heterocycles. The average molecular weight is 164 g/mol. The van der Waals surface area contributed by atoms with Gasteiger partial charge in [-0.3, -0.25) is 4.98 Å². The smallest absolute Gasteiger partial charge is 0.0321 e. The van der Waals surface area contributed by atoms with Gasteiger partial charge in [0.2, 0.25) is 0 Å². The van der Waals surface area contributed by atoms with E-state index in [-0.39, 0.29) is 6.04 Å². The summed E-state index contributed by atoms with van der Waals surface area (Å²) in [5, 5.41) is 0. The Morgan fingerprint density at radius 2 is 2.00 bits per heavy atom. The first kappa shape index (κ1) is 9.20. The van der Waals surface area contributed by atoms with Crippen molar-refractivity contribution in [3.63, 3.8) is 0 Å². The predicted octanol–water partition coefficient (Wildman–Crippen LogP) is 2.13. The van der Waals surface area contributed by atoms with Gasteiger partial charge in [-0.15, -0.1) is 0 Å². The zero-order valence-corrected chi connectivity index (χ0v) is 7.70. The highest BCUT2D eigenvalue weighted by molar-refractivity contribution is 5.14. The second-order valence-corrected chi connectivity index (χ2v) is 3.19. The molecule has 0 aliphatic heterocycles. The molecule has 0 radical (unpaired) electrons. The van der Waals surface area contributed by atoms with Crippen molar-refractivity contribution in [1.29, 1.82) is 0 Å². The lowest BCUT2D eigenvalue weighted by atomic mass is 9.94. The van der Waals surface area contributed by atoms with Crippen LogP contribution in [0.2, 0.25) is 0 Å². The Kier molecular flexibility index (Phi) is 3.23. The third kappa shape index (κ3) is 2.05. The van der Waals surface area contributed by atoms with Crippen LogP contribution in [0, 0.1) is 5.92 Å². The summed E-state index contributed by atoms with van der Waals surface area (Å²) in [5.74, 6) is 0.535. The molecule has 2 atom stereocenters. The summed E-state index contributed by atoms with van der Waals surface area (Å²) in [4.78, 5) is 3.96. The molecule has 1 aromatic rings. The SMILES string of the molecule is CCC(C)[C@@H](N)c1ccncc1. The summed E-state index contributed by atoms with van der Waals surface area (Å²) < 4.78 is 0. The van der Waals surface area contributed by atoms with Crippen molar-refractivity contribution in [2.45, 2.75) is 26.3 Å². The summed E-state index contributed by atoms with van der Waals surface area (Å²) in [6.07, 6.45) is 4.69. The molecule has 2 heteroatoms. The molecular weight excluding hydrogens is 148 g/mol. The minimum Gasteiger partial charge on any atom is -0.324 e. The summed E-state index contributed by atoms with van der Waals surface area (Å²) >= 11 is 0. The van der Waals surface area contributed by atoms with Gasteiger partial charge in [-0.05, 0) is 23.6 Å². The minimum atomic E-state index is 0.151. The Labute approximate surface area is 73.8 Å². The molecule has 2 nitrogen and oxygen atoms in total. The number of aromatic nitrogens is 1. The molecule has 66 valence electrons. The van der Waals surface area contributed by atoms with Crippen LogP contribution in [0.1, 0.15) is 31.9 Å². The number of hydrogen-bond acceptors (Lipinski definition) is 2. The van der Waals surface area contributed by atoms with E-state index in [2.05, 4.69) is 18.8 Å². The van der Waals surface area contributed by atoms with E-state index in [0.29, 0.717) is 5.92 Å². The van der Waals surface area contributed by atoms with Crippen LogP contribution < -0.4 is 5.73 Å². The van der Waals surface area contributed by atoms with Crippen molar-refractivity contribution < 1.29 is 0 Å². The average Bonchev–Trinajstić information content (AvgIpc) is 2.17. The van der Waals surface area contributed by atoms with Gasteiger partial charge < -0.3 is 5.73 Å². The lowest BCUT2D eigenvalue weighted by molar-refractivity contribution is 0.456. The van der Waals surface area contributed by atoms with Crippen molar-refractivity contribution in [2.24, 2.45) is 11.7 Å². The number of hydrogen-bond donors (Lipinski definition) is 1. The van der Waals surface area contributed by atoms with Crippen molar-refractivity contribution in [3.05, 3.63) is 30.1 Å². The Hall–Kier alpha value is -0.890. The monoisotopic (exact) mass is 164 g/mol. The lowest BCUT2D eigenvalue weighted by Crippen LogP contribution is -2.18. The van der Waals surface area contributed by atoms with Crippen LogP contribution in [-0.4, -0.2) is 4.98 Å². The van der Waals surface area contributed by atoms with E-state index in [1.54, 1.807) is 12.4 Å². The van der Waals surface area contributed by atoms with E-state index in [9.17, 15) is 0 Å². The van der Waals surface area contributed by atoms with Crippen LogP contribution in [0.5, 0.6) is 0 Å². The Morgan fingerprint density at radius 3 is 2.50 bits per heavy atom. The van der Waals surface area contributed by atoms with Gasteiger partial charge in [-0.1, -0.05) is 20.3 Å². The standard InChI is InChI=1S/C10H16N2/c1-3-8(2)10(11)9-4-6-12-7-5-9/h4-8,10H,3,11H2,1-2H3/t8?,10-/m1/s1. The molecule has 1 rings (SSSR count). The van der Waals surface area contributed by atoms with E-state index in [4.69, 9.17) is 5.73 Å². The number of nitrogens with two attached hydrogens (primary N) is 1. The molecular formula is C10H16N2. The quantitative estimate of drug-likeness (QED) is 0.743. The maximum atomic E-state index is 6.02. The number of pyridine rings is 1. The maximum absolute atomic E-state index is 6.02. The molecule has 0 aliphatic rings. The molecule has 0 bridgehead atoms.